The van der Waals surface area contributed by atoms with Crippen molar-refractivity contribution in [3.63, 3.8) is 0 Å². The van der Waals surface area contributed by atoms with Crippen LogP contribution < -0.4 is 4.90 Å². The van der Waals surface area contributed by atoms with Crippen molar-refractivity contribution < 1.29 is 26.7 Å². The highest BCUT2D eigenvalue weighted by Crippen LogP contribution is 2.32. The largest absolute Gasteiger partial charge is 0.453 e. The maximum absolute atomic E-state index is 13.2. The smallest absolute Gasteiger partial charge is 0.294 e. The number of amides is 1. The number of para-hydroxylation sites is 2. The van der Waals surface area contributed by atoms with Crippen molar-refractivity contribution in [2.75, 3.05) is 32.1 Å². The van der Waals surface area contributed by atoms with Gasteiger partial charge >= 0.3 is 0 Å². The molecule has 1 aliphatic rings. The second-order valence-corrected chi connectivity index (χ2v) is 12.7. The van der Waals surface area contributed by atoms with E-state index in [1.165, 1.54) is 17.7 Å². The lowest BCUT2D eigenvalue weighted by Gasteiger charge is -2.35. The van der Waals surface area contributed by atoms with Gasteiger partial charge in [-0.3, -0.25) is 9.35 Å². The molecule has 1 unspecified atom stereocenters. The molecule has 0 bridgehead atoms. The van der Waals surface area contributed by atoms with Crippen LogP contribution in [0.5, 0.6) is 0 Å². The number of aryl methyl sites for hydroxylation is 2. The van der Waals surface area contributed by atoms with Crippen molar-refractivity contribution in [3.05, 3.63) is 95.9 Å². The number of hydrogen-bond donors (Lipinski definition) is 1. The third kappa shape index (κ3) is 7.79. The van der Waals surface area contributed by atoms with E-state index in [1.54, 1.807) is 12.1 Å². The van der Waals surface area contributed by atoms with Gasteiger partial charge in [0.2, 0.25) is 17.6 Å². The SMILES string of the molecule is CN(C)CCC1Cc2ccccc2N(C(=O)CCc2nc(-c3cc4ccccc4o3)no2)C1.Cc1ccc(S(=O)(=O)O)cc1. The number of nitrogens with zero attached hydrogens (tertiary/aromatic N) is 4. The minimum atomic E-state index is -4.02. The molecule has 0 fully saturated rings. The van der Waals surface area contributed by atoms with Crippen LogP contribution >= 0.6 is 0 Å². The van der Waals surface area contributed by atoms with Crippen LogP contribution in [0.25, 0.3) is 22.6 Å². The van der Waals surface area contributed by atoms with E-state index in [9.17, 15) is 13.2 Å². The fraction of sp³-hybridized carbons (Fsp3) is 0.303. The number of anilines is 1. The van der Waals surface area contributed by atoms with E-state index < -0.39 is 10.1 Å². The third-order valence-corrected chi connectivity index (χ3v) is 8.37. The Balaban J connectivity index is 0.000000296. The molecular formula is C33H36N4O6S. The molecule has 1 N–H and O–H groups in total. The molecule has 0 saturated heterocycles. The van der Waals surface area contributed by atoms with Gasteiger partial charge in [-0.25, -0.2) is 0 Å². The molecule has 6 rings (SSSR count). The minimum absolute atomic E-state index is 0.0666. The van der Waals surface area contributed by atoms with E-state index >= 15 is 0 Å². The van der Waals surface area contributed by atoms with E-state index in [0.717, 1.165) is 48.2 Å². The van der Waals surface area contributed by atoms with Gasteiger partial charge in [0.1, 0.15) is 5.58 Å². The Morgan fingerprint density at radius 1 is 1.05 bits per heavy atom. The normalized spacial score (nSPS) is 14.8. The topological polar surface area (TPSA) is 130 Å². The van der Waals surface area contributed by atoms with Gasteiger partial charge in [-0.1, -0.05) is 59.3 Å². The van der Waals surface area contributed by atoms with Crippen molar-refractivity contribution in [1.29, 1.82) is 0 Å². The van der Waals surface area contributed by atoms with Crippen LogP contribution in [0.3, 0.4) is 0 Å². The number of fused-ring (bicyclic) bond motifs is 2. The van der Waals surface area contributed by atoms with Crippen LogP contribution in [0.4, 0.5) is 5.69 Å². The highest BCUT2D eigenvalue weighted by Gasteiger charge is 2.28. The lowest BCUT2D eigenvalue weighted by atomic mass is 9.89. The lowest BCUT2D eigenvalue weighted by Crippen LogP contribution is -2.41. The summed E-state index contributed by atoms with van der Waals surface area (Å²) < 4.78 is 40.8. The molecule has 1 aliphatic heterocycles. The molecule has 11 heteroatoms. The van der Waals surface area contributed by atoms with E-state index in [4.69, 9.17) is 13.5 Å². The van der Waals surface area contributed by atoms with Crippen LogP contribution in [0.15, 0.2) is 92.7 Å². The second-order valence-electron chi connectivity index (χ2n) is 11.2. The molecule has 3 aromatic carbocycles. The van der Waals surface area contributed by atoms with E-state index in [2.05, 4.69) is 35.2 Å². The highest BCUT2D eigenvalue weighted by molar-refractivity contribution is 7.85. The van der Waals surface area contributed by atoms with Crippen LogP contribution in [0.1, 0.15) is 29.9 Å². The summed E-state index contributed by atoms with van der Waals surface area (Å²) in [5.41, 5.74) is 4.00. The molecule has 0 saturated carbocycles. The van der Waals surface area contributed by atoms with Gasteiger partial charge in [0.25, 0.3) is 10.1 Å². The Morgan fingerprint density at radius 2 is 1.77 bits per heavy atom. The zero-order valence-corrected chi connectivity index (χ0v) is 25.8. The molecule has 10 nitrogen and oxygen atoms in total. The average molecular weight is 617 g/mol. The minimum Gasteiger partial charge on any atom is -0.453 e. The lowest BCUT2D eigenvalue weighted by molar-refractivity contribution is -0.118. The van der Waals surface area contributed by atoms with Crippen LogP contribution in [-0.4, -0.2) is 61.1 Å². The summed E-state index contributed by atoms with van der Waals surface area (Å²) in [6, 6.07) is 23.9. The Morgan fingerprint density at radius 3 is 2.50 bits per heavy atom. The number of hydrogen-bond acceptors (Lipinski definition) is 8. The average Bonchev–Trinajstić information content (AvgIpc) is 3.66. The van der Waals surface area contributed by atoms with Crippen molar-refractivity contribution in [3.8, 4) is 11.6 Å². The number of benzene rings is 3. The fourth-order valence-electron chi connectivity index (χ4n) is 5.16. The number of furan rings is 1. The zero-order valence-electron chi connectivity index (χ0n) is 25.0. The van der Waals surface area contributed by atoms with Gasteiger partial charge in [0, 0.05) is 30.5 Å². The summed E-state index contributed by atoms with van der Waals surface area (Å²) in [4.78, 5) is 21.7. The van der Waals surface area contributed by atoms with Crippen molar-refractivity contribution >= 4 is 32.7 Å². The summed E-state index contributed by atoms with van der Waals surface area (Å²) in [5.74, 6) is 1.94. The fourth-order valence-corrected chi connectivity index (χ4v) is 5.64. The monoisotopic (exact) mass is 616 g/mol. The zero-order chi connectivity index (χ0) is 31.3. The summed E-state index contributed by atoms with van der Waals surface area (Å²) in [6.07, 6.45) is 2.79. The molecule has 1 amide bonds. The molecule has 0 spiro atoms. The molecular weight excluding hydrogens is 580 g/mol. The first-order valence-electron chi connectivity index (χ1n) is 14.5. The number of carbonyl (C=O) groups excluding carboxylic acids is 1. The third-order valence-electron chi connectivity index (χ3n) is 7.50. The first kappa shape index (κ1) is 31.1. The molecule has 5 aromatic rings. The van der Waals surface area contributed by atoms with Crippen molar-refractivity contribution in [1.82, 2.24) is 15.0 Å². The van der Waals surface area contributed by atoms with Crippen molar-refractivity contribution in [2.24, 2.45) is 5.92 Å². The second kappa shape index (κ2) is 13.5. The Bertz CT molecular complexity index is 1800. The molecule has 0 aliphatic carbocycles. The quantitative estimate of drug-likeness (QED) is 0.215. The standard InChI is InChI=1S/C26H28N4O3.C7H8O3S/c1-29(2)14-13-18-15-19-7-3-5-9-21(19)30(17-18)25(31)12-11-24-27-26(28-33-24)23-16-20-8-4-6-10-22(20)32-23;1-6-2-4-7(5-3-6)11(8,9)10/h3-10,16,18H,11-15,17H2,1-2H3;2-5H,1H3,(H,8,9,10). The summed E-state index contributed by atoms with van der Waals surface area (Å²) in [6.45, 7) is 3.60. The van der Waals surface area contributed by atoms with E-state index in [-0.39, 0.29) is 10.8 Å². The summed E-state index contributed by atoms with van der Waals surface area (Å²) >= 11 is 0. The predicted octanol–water partition coefficient (Wildman–Crippen LogP) is 5.81. The molecule has 1 atom stereocenters. The van der Waals surface area contributed by atoms with Gasteiger partial charge in [-0.2, -0.15) is 13.4 Å². The molecule has 44 heavy (non-hydrogen) atoms. The maximum atomic E-state index is 13.2. The maximum Gasteiger partial charge on any atom is 0.294 e. The summed E-state index contributed by atoms with van der Waals surface area (Å²) in [5, 5.41) is 5.04. The molecule has 2 aromatic heterocycles. The Labute approximate surface area is 257 Å². The Hall–Kier alpha value is -4.32. The van der Waals surface area contributed by atoms with Crippen LogP contribution in [-0.2, 0) is 27.8 Å². The first-order chi connectivity index (χ1) is 21.1. The van der Waals surface area contributed by atoms with Gasteiger partial charge in [-0.05, 0) is 82.2 Å². The first-order valence-corrected chi connectivity index (χ1v) is 15.9. The van der Waals surface area contributed by atoms with Crippen LogP contribution in [0, 0.1) is 12.8 Å². The molecule has 3 heterocycles. The van der Waals surface area contributed by atoms with Gasteiger partial charge < -0.3 is 18.7 Å². The Kier molecular flexibility index (Phi) is 9.58. The van der Waals surface area contributed by atoms with Crippen LogP contribution in [0.2, 0.25) is 0 Å². The summed E-state index contributed by atoms with van der Waals surface area (Å²) in [7, 11) is 0.154. The highest BCUT2D eigenvalue weighted by atomic mass is 32.2. The van der Waals surface area contributed by atoms with E-state index in [0.29, 0.717) is 36.2 Å². The number of carbonyl (C=O) groups is 1. The van der Waals surface area contributed by atoms with Gasteiger partial charge in [0.05, 0.1) is 4.90 Å². The molecule has 230 valence electrons. The molecule has 0 radical (unpaired) electrons. The van der Waals surface area contributed by atoms with Gasteiger partial charge in [-0.15, -0.1) is 0 Å². The van der Waals surface area contributed by atoms with Crippen molar-refractivity contribution in [2.45, 2.75) is 37.5 Å². The van der Waals surface area contributed by atoms with Gasteiger partial charge in [0.15, 0.2) is 5.76 Å². The predicted molar refractivity (Wildman–Crippen MR) is 168 cm³/mol. The number of rotatable bonds is 8. The number of aromatic nitrogens is 2. The van der Waals surface area contributed by atoms with E-state index in [1.807, 2.05) is 60.4 Å².